The largest absolute Gasteiger partial charge is 0.481 e. The number of carboxylic acids is 1. The van der Waals surface area contributed by atoms with E-state index in [1.165, 1.54) is 6.07 Å². The van der Waals surface area contributed by atoms with Crippen molar-refractivity contribution in [3.05, 3.63) is 17.8 Å². The molecule has 1 amide bonds. The Hall–Kier alpha value is -2.18. The van der Waals surface area contributed by atoms with Crippen molar-refractivity contribution < 1.29 is 14.7 Å². The van der Waals surface area contributed by atoms with Crippen LogP contribution < -0.4 is 11.1 Å². The molecule has 1 fully saturated rings. The Morgan fingerprint density at radius 1 is 1.47 bits per heavy atom. The van der Waals surface area contributed by atoms with E-state index in [2.05, 4.69) is 15.5 Å². The molecule has 0 aromatic carbocycles. The molecular weight excluding hydrogens is 248 g/mol. The van der Waals surface area contributed by atoms with Crippen molar-refractivity contribution in [2.45, 2.75) is 32.2 Å². The van der Waals surface area contributed by atoms with Gasteiger partial charge >= 0.3 is 5.97 Å². The Bertz CT molecular complexity index is 502. The molecule has 0 bridgehead atoms. The number of carbonyl (C=O) groups is 2. The van der Waals surface area contributed by atoms with Crippen molar-refractivity contribution in [1.82, 2.24) is 10.2 Å². The van der Waals surface area contributed by atoms with Gasteiger partial charge in [-0.1, -0.05) is 6.42 Å². The molecule has 7 heteroatoms. The number of primary amides is 1. The van der Waals surface area contributed by atoms with Crippen molar-refractivity contribution in [1.29, 1.82) is 0 Å². The summed E-state index contributed by atoms with van der Waals surface area (Å²) in [5.41, 5.74) is 4.35. The van der Waals surface area contributed by atoms with E-state index in [0.717, 1.165) is 12.8 Å². The molecule has 2 rings (SSSR count). The number of amides is 1. The maximum atomic E-state index is 11.3. The Labute approximate surface area is 110 Å². The van der Waals surface area contributed by atoms with E-state index in [9.17, 15) is 14.7 Å². The lowest BCUT2D eigenvalue weighted by atomic mass is 9.85. The first kappa shape index (κ1) is 13.3. The number of nitrogens with one attached hydrogen (secondary N) is 1. The maximum Gasteiger partial charge on any atom is 0.311 e. The molecule has 102 valence electrons. The minimum absolute atomic E-state index is 0.0815. The molecule has 1 heterocycles. The zero-order valence-corrected chi connectivity index (χ0v) is 10.6. The highest BCUT2D eigenvalue weighted by Crippen LogP contribution is 2.39. The Kier molecular flexibility index (Phi) is 3.37. The van der Waals surface area contributed by atoms with Crippen LogP contribution in [0.25, 0.3) is 0 Å². The average Bonchev–Trinajstić information content (AvgIpc) is 2.73. The van der Waals surface area contributed by atoms with Crippen molar-refractivity contribution in [3.8, 4) is 0 Å². The van der Waals surface area contributed by atoms with E-state index in [1.54, 1.807) is 13.0 Å². The second kappa shape index (κ2) is 4.83. The minimum Gasteiger partial charge on any atom is -0.481 e. The number of aromatic nitrogens is 2. The van der Waals surface area contributed by atoms with Crippen LogP contribution in [0.5, 0.6) is 0 Å². The number of nitrogens with zero attached hydrogens (tertiary/aromatic N) is 2. The zero-order valence-electron chi connectivity index (χ0n) is 10.6. The highest BCUT2D eigenvalue weighted by Gasteiger charge is 2.45. The Morgan fingerprint density at radius 2 is 2.21 bits per heavy atom. The highest BCUT2D eigenvalue weighted by atomic mass is 16.4. The first-order valence-electron chi connectivity index (χ1n) is 6.07. The fourth-order valence-electron chi connectivity index (χ4n) is 2.37. The van der Waals surface area contributed by atoms with Crippen LogP contribution in [0.1, 0.15) is 36.7 Å². The monoisotopic (exact) mass is 264 g/mol. The zero-order chi connectivity index (χ0) is 14.0. The lowest BCUT2D eigenvalue weighted by Crippen LogP contribution is -2.40. The van der Waals surface area contributed by atoms with E-state index in [1.807, 2.05) is 0 Å². The second-order valence-corrected chi connectivity index (χ2v) is 4.98. The number of nitrogens with two attached hydrogens (primary N) is 1. The van der Waals surface area contributed by atoms with Crippen molar-refractivity contribution in [3.63, 3.8) is 0 Å². The summed E-state index contributed by atoms with van der Waals surface area (Å²) in [6.07, 6.45) is 2.25. The number of aliphatic carboxylic acids is 1. The molecule has 7 nitrogen and oxygen atoms in total. The Balaban J connectivity index is 2.12. The van der Waals surface area contributed by atoms with Gasteiger partial charge in [-0.05, 0) is 31.9 Å². The summed E-state index contributed by atoms with van der Waals surface area (Å²) in [6, 6.07) is 2.84. The van der Waals surface area contributed by atoms with E-state index in [0.29, 0.717) is 12.2 Å². The SMILES string of the molecule is CC1(C(=O)O)CCCC1Nc1ccc(C(N)=O)nn1. The van der Waals surface area contributed by atoms with Crippen LogP contribution in [0.15, 0.2) is 12.1 Å². The summed E-state index contributed by atoms with van der Waals surface area (Å²) in [6.45, 7) is 1.73. The first-order chi connectivity index (χ1) is 8.93. The van der Waals surface area contributed by atoms with E-state index in [-0.39, 0.29) is 11.7 Å². The molecule has 4 N–H and O–H groups in total. The fourth-order valence-corrected chi connectivity index (χ4v) is 2.37. The third-order valence-corrected chi connectivity index (χ3v) is 3.69. The quantitative estimate of drug-likeness (QED) is 0.734. The van der Waals surface area contributed by atoms with Crippen molar-refractivity contribution in [2.24, 2.45) is 11.1 Å². The summed E-state index contributed by atoms with van der Waals surface area (Å²) in [5.74, 6) is -1.01. The van der Waals surface area contributed by atoms with Gasteiger partial charge in [0, 0.05) is 6.04 Å². The molecule has 0 spiro atoms. The van der Waals surface area contributed by atoms with Crippen LogP contribution in [0.2, 0.25) is 0 Å². The topological polar surface area (TPSA) is 118 Å². The third-order valence-electron chi connectivity index (χ3n) is 3.69. The molecule has 19 heavy (non-hydrogen) atoms. The minimum atomic E-state index is -0.816. The van der Waals surface area contributed by atoms with Gasteiger partial charge in [-0.3, -0.25) is 9.59 Å². The van der Waals surface area contributed by atoms with Crippen LogP contribution in [0, 0.1) is 5.41 Å². The summed E-state index contributed by atoms with van der Waals surface area (Å²) >= 11 is 0. The first-order valence-corrected chi connectivity index (χ1v) is 6.07. The van der Waals surface area contributed by atoms with Crippen LogP contribution in [-0.4, -0.2) is 33.2 Å². The van der Waals surface area contributed by atoms with Crippen molar-refractivity contribution >= 4 is 17.7 Å². The summed E-state index contributed by atoms with van der Waals surface area (Å²) in [7, 11) is 0. The van der Waals surface area contributed by atoms with Gasteiger partial charge in [-0.25, -0.2) is 0 Å². The average molecular weight is 264 g/mol. The molecule has 0 aliphatic heterocycles. The molecule has 0 radical (unpaired) electrons. The normalized spacial score (nSPS) is 26.1. The molecule has 2 unspecified atom stereocenters. The maximum absolute atomic E-state index is 11.3. The smallest absolute Gasteiger partial charge is 0.311 e. The lowest BCUT2D eigenvalue weighted by Gasteiger charge is -2.27. The second-order valence-electron chi connectivity index (χ2n) is 4.98. The van der Waals surface area contributed by atoms with Gasteiger partial charge in [0.15, 0.2) is 5.69 Å². The molecule has 1 aliphatic rings. The van der Waals surface area contributed by atoms with Gasteiger partial charge in [0.2, 0.25) is 0 Å². The number of carbonyl (C=O) groups excluding carboxylic acids is 1. The van der Waals surface area contributed by atoms with Crippen LogP contribution in [0.3, 0.4) is 0 Å². The van der Waals surface area contributed by atoms with Crippen molar-refractivity contribution in [2.75, 3.05) is 5.32 Å². The van der Waals surface area contributed by atoms with E-state index < -0.39 is 17.3 Å². The number of rotatable bonds is 4. The Morgan fingerprint density at radius 3 is 2.74 bits per heavy atom. The van der Waals surface area contributed by atoms with Crippen LogP contribution in [-0.2, 0) is 4.79 Å². The predicted octanol–water partition coefficient (Wildman–Crippen LogP) is 0.631. The van der Waals surface area contributed by atoms with Crippen LogP contribution >= 0.6 is 0 Å². The van der Waals surface area contributed by atoms with Crippen LogP contribution in [0.4, 0.5) is 5.82 Å². The molecule has 1 aromatic heterocycles. The van der Waals surface area contributed by atoms with Gasteiger partial charge in [-0.2, -0.15) is 0 Å². The highest BCUT2D eigenvalue weighted by molar-refractivity contribution is 5.90. The number of hydrogen-bond acceptors (Lipinski definition) is 5. The predicted molar refractivity (Wildman–Crippen MR) is 67.6 cm³/mol. The molecule has 2 atom stereocenters. The van der Waals surface area contributed by atoms with Gasteiger partial charge in [-0.15, -0.1) is 10.2 Å². The standard InChI is InChI=1S/C12H16N4O3/c1-12(11(18)19)6-2-3-8(12)14-9-5-4-7(10(13)17)15-16-9/h4-5,8H,2-3,6H2,1H3,(H2,13,17)(H,14,16)(H,18,19). The molecule has 1 saturated carbocycles. The summed E-state index contributed by atoms with van der Waals surface area (Å²) < 4.78 is 0. The lowest BCUT2D eigenvalue weighted by molar-refractivity contribution is -0.147. The molecular formula is C12H16N4O3. The number of hydrogen-bond donors (Lipinski definition) is 3. The summed E-state index contributed by atoms with van der Waals surface area (Å²) in [4.78, 5) is 22.2. The molecule has 1 aromatic rings. The number of anilines is 1. The number of carboxylic acid groups (broad SMARTS) is 1. The molecule has 1 aliphatic carbocycles. The fraction of sp³-hybridized carbons (Fsp3) is 0.500. The third kappa shape index (κ3) is 2.49. The van der Waals surface area contributed by atoms with E-state index in [4.69, 9.17) is 5.73 Å². The summed E-state index contributed by atoms with van der Waals surface area (Å²) in [5, 5.41) is 19.9. The van der Waals surface area contributed by atoms with Gasteiger partial charge in [0.25, 0.3) is 5.91 Å². The van der Waals surface area contributed by atoms with Gasteiger partial charge in [0.05, 0.1) is 5.41 Å². The van der Waals surface area contributed by atoms with Gasteiger partial charge < -0.3 is 16.2 Å². The van der Waals surface area contributed by atoms with E-state index >= 15 is 0 Å². The molecule has 0 saturated heterocycles. The van der Waals surface area contributed by atoms with Gasteiger partial charge in [0.1, 0.15) is 5.82 Å².